The lowest BCUT2D eigenvalue weighted by Crippen LogP contribution is -2.07. The third-order valence-electron chi connectivity index (χ3n) is 4.22. The molecular weight excluding hydrogens is 380 g/mol. The third-order valence-corrected chi connectivity index (χ3v) is 4.22. The summed E-state index contributed by atoms with van der Waals surface area (Å²) >= 11 is 0. The summed E-state index contributed by atoms with van der Waals surface area (Å²) in [6.45, 7) is 4.39. The van der Waals surface area contributed by atoms with E-state index >= 15 is 0 Å². The van der Waals surface area contributed by atoms with Gasteiger partial charge in [-0.15, -0.1) is 0 Å². The number of amides is 1. The minimum absolute atomic E-state index is 0.233. The van der Waals surface area contributed by atoms with Gasteiger partial charge in [-0.3, -0.25) is 9.78 Å². The molecule has 0 bridgehead atoms. The molecular formula is C24H24N2O4. The van der Waals surface area contributed by atoms with E-state index in [9.17, 15) is 4.79 Å². The van der Waals surface area contributed by atoms with Gasteiger partial charge in [0.25, 0.3) is 0 Å². The summed E-state index contributed by atoms with van der Waals surface area (Å²) < 4.78 is 16.6. The smallest absolute Gasteiger partial charge is 0.248 e. The van der Waals surface area contributed by atoms with Crippen LogP contribution < -0.4 is 19.5 Å². The number of carbonyl (C=O) groups is 1. The van der Waals surface area contributed by atoms with E-state index in [0.717, 1.165) is 11.1 Å². The summed E-state index contributed by atoms with van der Waals surface area (Å²) in [5, 5.41) is 2.85. The maximum absolute atomic E-state index is 12.3. The van der Waals surface area contributed by atoms with E-state index in [-0.39, 0.29) is 5.91 Å². The molecule has 0 radical (unpaired) electrons. The average molecular weight is 404 g/mol. The van der Waals surface area contributed by atoms with E-state index in [1.807, 2.05) is 56.3 Å². The van der Waals surface area contributed by atoms with Gasteiger partial charge in [-0.2, -0.15) is 0 Å². The van der Waals surface area contributed by atoms with Gasteiger partial charge in [-0.1, -0.05) is 6.07 Å². The van der Waals surface area contributed by atoms with Gasteiger partial charge in [0.05, 0.1) is 19.9 Å². The molecule has 0 fully saturated rings. The lowest BCUT2D eigenvalue weighted by Gasteiger charge is -2.10. The Hall–Kier alpha value is -3.80. The standard InChI is InChI=1S/C24H24N2O4/c1-4-29-22-10-7-18(15-23(22)28-3)8-12-24(27)26-19-9-11-21(17(2)14-19)30-20-6-5-13-25-16-20/h5-16H,4H2,1-3H3,(H,26,27). The predicted molar refractivity (Wildman–Crippen MR) is 117 cm³/mol. The number of rotatable bonds is 8. The van der Waals surface area contributed by atoms with E-state index in [4.69, 9.17) is 14.2 Å². The highest BCUT2D eigenvalue weighted by Crippen LogP contribution is 2.29. The van der Waals surface area contributed by atoms with Crippen molar-refractivity contribution in [1.82, 2.24) is 4.98 Å². The molecule has 0 unspecified atom stereocenters. The van der Waals surface area contributed by atoms with Crippen LogP contribution in [0.3, 0.4) is 0 Å². The van der Waals surface area contributed by atoms with Crippen LogP contribution in [0.1, 0.15) is 18.1 Å². The first-order chi connectivity index (χ1) is 14.6. The second kappa shape index (κ2) is 10.1. The molecule has 154 valence electrons. The van der Waals surface area contributed by atoms with Crippen molar-refractivity contribution in [1.29, 1.82) is 0 Å². The van der Waals surface area contributed by atoms with Crippen LogP contribution in [0.15, 0.2) is 67.0 Å². The van der Waals surface area contributed by atoms with Gasteiger partial charge in [0.2, 0.25) is 5.91 Å². The molecule has 0 aliphatic heterocycles. The van der Waals surface area contributed by atoms with Gasteiger partial charge < -0.3 is 19.5 Å². The molecule has 0 saturated heterocycles. The molecule has 2 aromatic carbocycles. The first kappa shape index (κ1) is 20.9. The number of aryl methyl sites for hydroxylation is 1. The molecule has 6 nitrogen and oxygen atoms in total. The minimum atomic E-state index is -0.233. The molecule has 1 N–H and O–H groups in total. The molecule has 3 rings (SSSR count). The third kappa shape index (κ3) is 5.61. The quantitative estimate of drug-likeness (QED) is 0.520. The molecule has 6 heteroatoms. The van der Waals surface area contributed by atoms with Gasteiger partial charge in [0, 0.05) is 18.0 Å². The van der Waals surface area contributed by atoms with Crippen LogP contribution in [0.4, 0.5) is 5.69 Å². The summed E-state index contributed by atoms with van der Waals surface area (Å²) in [6, 6.07) is 14.6. The van der Waals surface area contributed by atoms with Crippen LogP contribution in [-0.2, 0) is 4.79 Å². The maximum Gasteiger partial charge on any atom is 0.248 e. The SMILES string of the molecule is CCOc1ccc(C=CC(=O)Nc2ccc(Oc3cccnc3)c(C)c2)cc1OC. The van der Waals surface area contributed by atoms with Gasteiger partial charge in [-0.25, -0.2) is 0 Å². The lowest BCUT2D eigenvalue weighted by atomic mass is 10.1. The second-order valence-corrected chi connectivity index (χ2v) is 6.44. The van der Waals surface area contributed by atoms with Crippen molar-refractivity contribution in [2.24, 2.45) is 0 Å². The van der Waals surface area contributed by atoms with E-state index < -0.39 is 0 Å². The summed E-state index contributed by atoms with van der Waals surface area (Å²) in [5.74, 6) is 2.43. The number of methoxy groups -OCH3 is 1. The summed E-state index contributed by atoms with van der Waals surface area (Å²) in [5.41, 5.74) is 2.42. The number of benzene rings is 2. The zero-order chi connectivity index (χ0) is 21.3. The molecule has 1 amide bonds. The van der Waals surface area contributed by atoms with Crippen molar-refractivity contribution in [2.45, 2.75) is 13.8 Å². The summed E-state index contributed by atoms with van der Waals surface area (Å²) in [7, 11) is 1.59. The minimum Gasteiger partial charge on any atom is -0.493 e. The number of nitrogens with one attached hydrogen (secondary N) is 1. The van der Waals surface area contributed by atoms with E-state index in [1.54, 1.807) is 31.6 Å². The number of ether oxygens (including phenoxy) is 3. The fraction of sp³-hybridized carbons (Fsp3) is 0.167. The Labute approximate surface area is 176 Å². The molecule has 1 heterocycles. The fourth-order valence-electron chi connectivity index (χ4n) is 2.79. The topological polar surface area (TPSA) is 69.7 Å². The van der Waals surface area contributed by atoms with Crippen LogP contribution in [0, 0.1) is 6.92 Å². The zero-order valence-electron chi connectivity index (χ0n) is 17.2. The molecule has 0 saturated carbocycles. The Morgan fingerprint density at radius 3 is 2.63 bits per heavy atom. The van der Waals surface area contributed by atoms with Gasteiger partial charge in [0.15, 0.2) is 11.5 Å². The van der Waals surface area contributed by atoms with E-state index in [1.165, 1.54) is 6.08 Å². The van der Waals surface area contributed by atoms with Crippen LogP contribution in [0.25, 0.3) is 6.08 Å². The molecule has 0 atom stereocenters. The Morgan fingerprint density at radius 2 is 1.93 bits per heavy atom. The van der Waals surface area contributed by atoms with Crippen molar-refractivity contribution >= 4 is 17.7 Å². The Bertz CT molecular complexity index is 1030. The van der Waals surface area contributed by atoms with Crippen molar-refractivity contribution in [3.63, 3.8) is 0 Å². The summed E-state index contributed by atoms with van der Waals surface area (Å²) in [6.07, 6.45) is 6.54. The van der Waals surface area contributed by atoms with Crippen molar-refractivity contribution in [3.8, 4) is 23.0 Å². The molecule has 1 aromatic heterocycles. The molecule has 0 aliphatic rings. The number of pyridine rings is 1. The Balaban J connectivity index is 1.64. The van der Waals surface area contributed by atoms with Crippen molar-refractivity contribution < 1.29 is 19.0 Å². The van der Waals surface area contributed by atoms with Crippen LogP contribution in [0.5, 0.6) is 23.0 Å². The van der Waals surface area contributed by atoms with E-state index in [0.29, 0.717) is 35.3 Å². The number of hydrogen-bond donors (Lipinski definition) is 1. The van der Waals surface area contributed by atoms with Crippen molar-refractivity contribution in [2.75, 3.05) is 19.0 Å². The number of nitrogens with zero attached hydrogens (tertiary/aromatic N) is 1. The second-order valence-electron chi connectivity index (χ2n) is 6.44. The van der Waals surface area contributed by atoms with Crippen LogP contribution in [-0.4, -0.2) is 24.6 Å². The van der Waals surface area contributed by atoms with E-state index in [2.05, 4.69) is 10.3 Å². The predicted octanol–water partition coefficient (Wildman–Crippen LogP) is 5.24. The first-order valence-corrected chi connectivity index (χ1v) is 9.57. The zero-order valence-corrected chi connectivity index (χ0v) is 17.2. The largest absolute Gasteiger partial charge is 0.493 e. The molecule has 30 heavy (non-hydrogen) atoms. The number of hydrogen-bond acceptors (Lipinski definition) is 5. The summed E-state index contributed by atoms with van der Waals surface area (Å²) in [4.78, 5) is 16.3. The lowest BCUT2D eigenvalue weighted by molar-refractivity contribution is -0.111. The Morgan fingerprint density at radius 1 is 1.10 bits per heavy atom. The number of carbonyl (C=O) groups excluding carboxylic acids is 1. The van der Waals surface area contributed by atoms with Gasteiger partial charge in [0.1, 0.15) is 11.5 Å². The van der Waals surface area contributed by atoms with Crippen LogP contribution in [0.2, 0.25) is 0 Å². The van der Waals surface area contributed by atoms with Gasteiger partial charge in [-0.05, 0) is 73.5 Å². The number of anilines is 1. The number of aromatic nitrogens is 1. The molecule has 3 aromatic rings. The first-order valence-electron chi connectivity index (χ1n) is 9.57. The molecule has 0 spiro atoms. The monoisotopic (exact) mass is 404 g/mol. The highest BCUT2D eigenvalue weighted by Gasteiger charge is 2.06. The highest BCUT2D eigenvalue weighted by atomic mass is 16.5. The molecule has 0 aliphatic carbocycles. The maximum atomic E-state index is 12.3. The Kier molecular flexibility index (Phi) is 7.05. The average Bonchev–Trinajstić information content (AvgIpc) is 2.76. The fourth-order valence-corrected chi connectivity index (χ4v) is 2.79. The highest BCUT2D eigenvalue weighted by molar-refractivity contribution is 6.02. The van der Waals surface area contributed by atoms with Crippen LogP contribution >= 0.6 is 0 Å². The van der Waals surface area contributed by atoms with Crippen molar-refractivity contribution in [3.05, 3.63) is 78.1 Å². The normalized spacial score (nSPS) is 10.6. The van der Waals surface area contributed by atoms with Gasteiger partial charge >= 0.3 is 0 Å².